The van der Waals surface area contributed by atoms with Crippen LogP contribution in [0.15, 0.2) is 28.9 Å². The van der Waals surface area contributed by atoms with E-state index in [4.69, 9.17) is 13.9 Å². The lowest BCUT2D eigenvalue weighted by Crippen LogP contribution is -2.51. The van der Waals surface area contributed by atoms with E-state index in [0.717, 1.165) is 16.7 Å². The Hall–Kier alpha value is -2.58. The second kappa shape index (κ2) is 9.57. The van der Waals surface area contributed by atoms with E-state index in [2.05, 4.69) is 10.2 Å². The van der Waals surface area contributed by atoms with E-state index in [-0.39, 0.29) is 11.8 Å². The smallest absolute Gasteiger partial charge is 0.234 e. The maximum atomic E-state index is 12.7. The van der Waals surface area contributed by atoms with Crippen molar-refractivity contribution in [1.82, 2.24) is 15.1 Å². The number of amides is 2. The van der Waals surface area contributed by atoms with Crippen LogP contribution in [0.4, 0.5) is 0 Å². The molecule has 0 radical (unpaired) electrons. The second-order valence-corrected chi connectivity index (χ2v) is 6.80. The number of carbonyl (C=O) groups excluding carboxylic acids is 2. The minimum Gasteiger partial charge on any atom is -0.497 e. The minimum atomic E-state index is -0.0166. The molecule has 152 valence electrons. The Labute approximate surface area is 164 Å². The van der Waals surface area contributed by atoms with Crippen molar-refractivity contribution >= 4 is 22.8 Å². The fraction of sp³-hybridized carbons (Fsp3) is 0.500. The predicted molar refractivity (Wildman–Crippen MR) is 104 cm³/mol. The van der Waals surface area contributed by atoms with Gasteiger partial charge in [-0.3, -0.25) is 14.5 Å². The highest BCUT2D eigenvalue weighted by molar-refractivity contribution is 5.88. The molecule has 0 aliphatic carbocycles. The highest BCUT2D eigenvalue weighted by Gasteiger charge is 2.23. The summed E-state index contributed by atoms with van der Waals surface area (Å²) in [5, 5.41) is 3.75. The van der Waals surface area contributed by atoms with Crippen molar-refractivity contribution in [3.63, 3.8) is 0 Å². The van der Waals surface area contributed by atoms with Gasteiger partial charge in [0, 0.05) is 56.8 Å². The summed E-state index contributed by atoms with van der Waals surface area (Å²) in [6.07, 6.45) is 1.94. The molecule has 1 saturated heterocycles. The van der Waals surface area contributed by atoms with Crippen LogP contribution >= 0.6 is 0 Å². The molecule has 8 nitrogen and oxygen atoms in total. The number of ether oxygens (including phenoxy) is 2. The molecular weight excluding hydrogens is 362 g/mol. The SMILES string of the molecule is COCCNC(=O)CN1CCN(C(=O)Cc2coc3cc(OC)ccc23)CC1. The first-order valence-electron chi connectivity index (χ1n) is 9.40. The summed E-state index contributed by atoms with van der Waals surface area (Å²) in [6.45, 7) is 3.98. The topological polar surface area (TPSA) is 84.3 Å². The van der Waals surface area contributed by atoms with E-state index in [1.807, 2.05) is 23.1 Å². The van der Waals surface area contributed by atoms with Crippen LogP contribution in [0.5, 0.6) is 5.75 Å². The maximum absolute atomic E-state index is 12.7. The largest absolute Gasteiger partial charge is 0.497 e. The number of carbonyl (C=O) groups is 2. The third kappa shape index (κ3) is 5.02. The van der Waals surface area contributed by atoms with E-state index in [1.54, 1.807) is 20.5 Å². The Balaban J connectivity index is 1.48. The molecule has 2 aromatic rings. The molecule has 0 unspecified atom stereocenters. The number of hydrogen-bond donors (Lipinski definition) is 1. The summed E-state index contributed by atoms with van der Waals surface area (Å²) in [5.74, 6) is 0.780. The number of nitrogens with one attached hydrogen (secondary N) is 1. The van der Waals surface area contributed by atoms with Crippen LogP contribution in [0.3, 0.4) is 0 Å². The van der Waals surface area contributed by atoms with Crippen molar-refractivity contribution in [3.05, 3.63) is 30.0 Å². The molecule has 2 heterocycles. The number of fused-ring (bicyclic) bond motifs is 1. The van der Waals surface area contributed by atoms with E-state index >= 15 is 0 Å². The van der Waals surface area contributed by atoms with Gasteiger partial charge < -0.3 is 24.1 Å². The summed E-state index contributed by atoms with van der Waals surface area (Å²) >= 11 is 0. The monoisotopic (exact) mass is 389 g/mol. The quantitative estimate of drug-likeness (QED) is 0.675. The molecule has 8 heteroatoms. The summed E-state index contributed by atoms with van der Waals surface area (Å²) in [7, 11) is 3.21. The molecule has 28 heavy (non-hydrogen) atoms. The van der Waals surface area contributed by atoms with Crippen LogP contribution in [0.2, 0.25) is 0 Å². The van der Waals surface area contributed by atoms with Gasteiger partial charge in [0.25, 0.3) is 0 Å². The van der Waals surface area contributed by atoms with E-state index in [1.165, 1.54) is 0 Å². The van der Waals surface area contributed by atoms with Crippen LogP contribution in [0.25, 0.3) is 11.0 Å². The normalized spacial score (nSPS) is 15.0. The Morgan fingerprint density at radius 2 is 1.96 bits per heavy atom. The van der Waals surface area contributed by atoms with Gasteiger partial charge in [-0.15, -0.1) is 0 Å². The zero-order valence-corrected chi connectivity index (χ0v) is 16.4. The molecule has 0 saturated carbocycles. The van der Waals surface area contributed by atoms with Gasteiger partial charge in [0.1, 0.15) is 11.3 Å². The number of hydrogen-bond acceptors (Lipinski definition) is 6. The Bertz CT molecular complexity index is 811. The standard InChI is InChI=1S/C20H27N3O5/c1-26-10-5-21-19(24)13-22-6-8-23(9-7-22)20(25)11-15-14-28-18-12-16(27-2)3-4-17(15)18/h3-4,12,14H,5-11,13H2,1-2H3,(H,21,24). The molecule has 0 bridgehead atoms. The lowest BCUT2D eigenvalue weighted by molar-refractivity contribution is -0.132. The molecule has 1 N–H and O–H groups in total. The van der Waals surface area contributed by atoms with Gasteiger partial charge in [0.05, 0.1) is 32.9 Å². The van der Waals surface area contributed by atoms with Crippen LogP contribution in [0, 0.1) is 0 Å². The Kier molecular flexibility index (Phi) is 6.89. The minimum absolute atomic E-state index is 0.0166. The van der Waals surface area contributed by atoms with Gasteiger partial charge in [-0.25, -0.2) is 0 Å². The molecule has 3 rings (SSSR count). The molecule has 0 spiro atoms. The third-order valence-corrected chi connectivity index (χ3v) is 4.93. The molecule has 1 aromatic heterocycles. The first-order valence-corrected chi connectivity index (χ1v) is 9.40. The fourth-order valence-electron chi connectivity index (χ4n) is 3.31. The van der Waals surface area contributed by atoms with Crippen LogP contribution < -0.4 is 10.1 Å². The zero-order chi connectivity index (χ0) is 19.9. The van der Waals surface area contributed by atoms with Crippen molar-refractivity contribution in [3.8, 4) is 5.75 Å². The van der Waals surface area contributed by atoms with Crippen molar-refractivity contribution < 1.29 is 23.5 Å². The van der Waals surface area contributed by atoms with Crippen molar-refractivity contribution in [2.75, 3.05) is 60.1 Å². The van der Waals surface area contributed by atoms with Gasteiger partial charge in [-0.05, 0) is 12.1 Å². The summed E-state index contributed by atoms with van der Waals surface area (Å²) in [5.41, 5.74) is 1.59. The molecule has 1 aromatic carbocycles. The van der Waals surface area contributed by atoms with Gasteiger partial charge in [-0.2, -0.15) is 0 Å². The highest BCUT2D eigenvalue weighted by atomic mass is 16.5. The number of nitrogens with zero attached hydrogens (tertiary/aromatic N) is 2. The maximum Gasteiger partial charge on any atom is 0.234 e. The van der Waals surface area contributed by atoms with Gasteiger partial charge in [0.2, 0.25) is 11.8 Å². The molecule has 1 fully saturated rings. The molecule has 1 aliphatic rings. The second-order valence-electron chi connectivity index (χ2n) is 6.80. The molecule has 2 amide bonds. The first-order chi connectivity index (χ1) is 13.6. The lowest BCUT2D eigenvalue weighted by Gasteiger charge is -2.34. The van der Waals surface area contributed by atoms with Crippen molar-refractivity contribution in [1.29, 1.82) is 0 Å². The summed E-state index contributed by atoms with van der Waals surface area (Å²) in [4.78, 5) is 28.5. The van der Waals surface area contributed by atoms with Crippen LogP contribution in [-0.4, -0.2) is 81.7 Å². The number of rotatable bonds is 8. The fourth-order valence-corrected chi connectivity index (χ4v) is 3.31. The molecule has 0 atom stereocenters. The molecular formula is C20H27N3O5. The van der Waals surface area contributed by atoms with Crippen molar-refractivity contribution in [2.24, 2.45) is 0 Å². The summed E-state index contributed by atoms with van der Waals surface area (Å²) < 4.78 is 15.7. The Morgan fingerprint density at radius 1 is 1.18 bits per heavy atom. The van der Waals surface area contributed by atoms with E-state index in [0.29, 0.717) is 57.9 Å². The lowest BCUT2D eigenvalue weighted by atomic mass is 10.1. The third-order valence-electron chi connectivity index (χ3n) is 4.93. The number of methoxy groups -OCH3 is 2. The number of piperazine rings is 1. The Morgan fingerprint density at radius 3 is 2.68 bits per heavy atom. The van der Waals surface area contributed by atoms with Gasteiger partial charge in [0.15, 0.2) is 0 Å². The zero-order valence-electron chi connectivity index (χ0n) is 16.4. The van der Waals surface area contributed by atoms with Crippen molar-refractivity contribution in [2.45, 2.75) is 6.42 Å². The first kappa shape index (κ1) is 20.2. The van der Waals surface area contributed by atoms with Crippen LogP contribution in [-0.2, 0) is 20.7 Å². The predicted octanol–water partition coefficient (Wildman–Crippen LogP) is 0.891. The van der Waals surface area contributed by atoms with Crippen LogP contribution in [0.1, 0.15) is 5.56 Å². The average Bonchev–Trinajstić information content (AvgIpc) is 3.10. The van der Waals surface area contributed by atoms with E-state index < -0.39 is 0 Å². The summed E-state index contributed by atoms with van der Waals surface area (Å²) in [6, 6.07) is 5.60. The van der Waals surface area contributed by atoms with Gasteiger partial charge in [-0.1, -0.05) is 0 Å². The van der Waals surface area contributed by atoms with E-state index in [9.17, 15) is 9.59 Å². The van der Waals surface area contributed by atoms with Gasteiger partial charge >= 0.3 is 0 Å². The average molecular weight is 389 g/mol. The molecule has 1 aliphatic heterocycles. The highest BCUT2D eigenvalue weighted by Crippen LogP contribution is 2.26. The number of benzene rings is 1. The number of furan rings is 1.